The van der Waals surface area contributed by atoms with Crippen LogP contribution in [0, 0.1) is 0 Å². The van der Waals surface area contributed by atoms with Gasteiger partial charge < -0.3 is 24.0 Å². The van der Waals surface area contributed by atoms with Gasteiger partial charge in [0.05, 0.1) is 12.2 Å². The van der Waals surface area contributed by atoms with E-state index in [2.05, 4.69) is 0 Å². The van der Waals surface area contributed by atoms with Crippen LogP contribution in [0.15, 0.2) is 42.5 Å². The lowest BCUT2D eigenvalue weighted by Gasteiger charge is -2.37. The molecule has 3 heterocycles. The van der Waals surface area contributed by atoms with Gasteiger partial charge in [0.2, 0.25) is 6.79 Å². The van der Waals surface area contributed by atoms with Crippen LogP contribution in [0.25, 0.3) is 0 Å². The van der Waals surface area contributed by atoms with E-state index in [0.717, 1.165) is 32.4 Å². The predicted molar refractivity (Wildman–Crippen MR) is 106 cm³/mol. The molecule has 0 aromatic heterocycles. The van der Waals surface area contributed by atoms with Crippen LogP contribution in [0.4, 0.5) is 5.69 Å². The van der Waals surface area contributed by atoms with Crippen molar-refractivity contribution in [3.05, 3.63) is 48.0 Å². The maximum absolute atomic E-state index is 13.4. The van der Waals surface area contributed by atoms with Crippen LogP contribution in [0.5, 0.6) is 17.2 Å². The van der Waals surface area contributed by atoms with Crippen LogP contribution in [-0.2, 0) is 4.79 Å². The predicted octanol–water partition coefficient (Wildman–Crippen LogP) is 2.84. The monoisotopic (exact) mass is 394 g/mol. The topological polar surface area (TPSA) is 68.3 Å². The van der Waals surface area contributed by atoms with E-state index >= 15 is 0 Å². The summed E-state index contributed by atoms with van der Waals surface area (Å²) in [4.78, 5) is 29.9. The second kappa shape index (κ2) is 7.31. The van der Waals surface area contributed by atoms with Gasteiger partial charge in [-0.2, -0.15) is 0 Å². The molecule has 3 aliphatic rings. The Morgan fingerprint density at radius 3 is 2.55 bits per heavy atom. The normalized spacial score (nSPS) is 20.1. The molecule has 5 rings (SSSR count). The van der Waals surface area contributed by atoms with Crippen molar-refractivity contribution in [3.63, 3.8) is 0 Å². The number of anilines is 1. The molecule has 29 heavy (non-hydrogen) atoms. The zero-order valence-corrected chi connectivity index (χ0v) is 16.0. The molecule has 0 radical (unpaired) electrons. The Hall–Kier alpha value is -3.22. The third-order valence-electron chi connectivity index (χ3n) is 5.58. The van der Waals surface area contributed by atoms with Gasteiger partial charge in [-0.15, -0.1) is 0 Å². The Bertz CT molecular complexity index is 954. The van der Waals surface area contributed by atoms with Crippen molar-refractivity contribution in [1.82, 2.24) is 4.90 Å². The fraction of sp³-hybridized carbons (Fsp3) is 0.364. The molecule has 0 spiro atoms. The summed E-state index contributed by atoms with van der Waals surface area (Å²) in [6.07, 6.45) is 2.46. The SMILES string of the molecule is O=C(C1CN(C(=O)c2ccc3c(c2)OCO3)c2ccccc2O1)N1CCCCC1. The Labute approximate surface area is 168 Å². The Morgan fingerprint density at radius 2 is 1.69 bits per heavy atom. The van der Waals surface area contributed by atoms with Crippen molar-refractivity contribution in [2.75, 3.05) is 31.3 Å². The number of ether oxygens (including phenoxy) is 3. The second-order valence-electron chi connectivity index (χ2n) is 7.44. The smallest absolute Gasteiger partial charge is 0.265 e. The van der Waals surface area contributed by atoms with Crippen LogP contribution in [0.2, 0.25) is 0 Å². The fourth-order valence-corrected chi connectivity index (χ4v) is 4.06. The fourth-order valence-electron chi connectivity index (χ4n) is 4.06. The highest BCUT2D eigenvalue weighted by Gasteiger charge is 2.36. The molecule has 3 aliphatic heterocycles. The number of amides is 2. The number of nitrogens with zero attached hydrogens (tertiary/aromatic N) is 2. The molecule has 0 aliphatic carbocycles. The minimum Gasteiger partial charge on any atom is -0.476 e. The van der Waals surface area contributed by atoms with Gasteiger partial charge in [0.25, 0.3) is 11.8 Å². The summed E-state index contributed by atoms with van der Waals surface area (Å²) in [7, 11) is 0. The number of carbonyl (C=O) groups is 2. The summed E-state index contributed by atoms with van der Waals surface area (Å²) < 4.78 is 16.7. The maximum Gasteiger partial charge on any atom is 0.265 e. The van der Waals surface area contributed by atoms with Crippen molar-refractivity contribution in [3.8, 4) is 17.2 Å². The first-order chi connectivity index (χ1) is 14.2. The first-order valence-corrected chi connectivity index (χ1v) is 9.97. The van der Waals surface area contributed by atoms with E-state index in [1.807, 2.05) is 23.1 Å². The molecule has 1 atom stereocenters. The summed E-state index contributed by atoms with van der Waals surface area (Å²) in [5.41, 5.74) is 1.15. The number of hydrogen-bond donors (Lipinski definition) is 0. The van der Waals surface area contributed by atoms with E-state index in [0.29, 0.717) is 28.5 Å². The van der Waals surface area contributed by atoms with Gasteiger partial charge in [-0.3, -0.25) is 9.59 Å². The van der Waals surface area contributed by atoms with Crippen LogP contribution in [0.3, 0.4) is 0 Å². The summed E-state index contributed by atoms with van der Waals surface area (Å²) in [5.74, 6) is 1.47. The molecule has 2 amide bonds. The number of hydrogen-bond acceptors (Lipinski definition) is 5. The van der Waals surface area contributed by atoms with Crippen molar-refractivity contribution < 1.29 is 23.8 Å². The molecule has 0 saturated carbocycles. The molecule has 1 saturated heterocycles. The molecule has 1 fully saturated rings. The Balaban J connectivity index is 1.44. The summed E-state index contributed by atoms with van der Waals surface area (Å²) in [6, 6.07) is 12.5. The molecular weight excluding hydrogens is 372 g/mol. The van der Waals surface area contributed by atoms with Crippen LogP contribution >= 0.6 is 0 Å². The Morgan fingerprint density at radius 1 is 0.897 bits per heavy atom. The van der Waals surface area contributed by atoms with Gasteiger partial charge in [0.1, 0.15) is 5.75 Å². The standard InChI is InChI=1S/C22H22N2O5/c25-21(15-8-9-18-19(12-15)28-14-27-18)24-13-20(22(26)23-10-4-1-5-11-23)29-17-7-3-2-6-16(17)24/h2-3,6-9,12,20H,1,4-5,10-11,13-14H2. The van der Waals surface area contributed by atoms with Gasteiger partial charge in [-0.05, 0) is 49.6 Å². The largest absolute Gasteiger partial charge is 0.476 e. The highest BCUT2D eigenvalue weighted by atomic mass is 16.7. The van der Waals surface area contributed by atoms with Gasteiger partial charge in [-0.25, -0.2) is 0 Å². The van der Waals surface area contributed by atoms with Crippen molar-refractivity contribution in [1.29, 1.82) is 0 Å². The zero-order chi connectivity index (χ0) is 19.8. The number of rotatable bonds is 2. The molecule has 7 heteroatoms. The summed E-state index contributed by atoms with van der Waals surface area (Å²) >= 11 is 0. The molecule has 0 N–H and O–H groups in total. The van der Waals surface area contributed by atoms with E-state index in [1.54, 1.807) is 29.2 Å². The van der Waals surface area contributed by atoms with Gasteiger partial charge in [-0.1, -0.05) is 12.1 Å². The average Bonchev–Trinajstić information content (AvgIpc) is 3.26. The van der Waals surface area contributed by atoms with E-state index in [1.165, 1.54) is 0 Å². The van der Waals surface area contributed by atoms with E-state index < -0.39 is 6.10 Å². The quantitative estimate of drug-likeness (QED) is 0.784. The molecule has 150 valence electrons. The zero-order valence-electron chi connectivity index (χ0n) is 16.0. The van der Waals surface area contributed by atoms with E-state index in [9.17, 15) is 9.59 Å². The number of likely N-dealkylation sites (tertiary alicyclic amines) is 1. The Kier molecular flexibility index (Phi) is 4.50. The molecular formula is C22H22N2O5. The molecule has 0 bridgehead atoms. The van der Waals surface area contributed by atoms with Gasteiger partial charge >= 0.3 is 0 Å². The lowest BCUT2D eigenvalue weighted by Crippen LogP contribution is -2.52. The van der Waals surface area contributed by atoms with Crippen molar-refractivity contribution >= 4 is 17.5 Å². The van der Waals surface area contributed by atoms with E-state index in [4.69, 9.17) is 14.2 Å². The lowest BCUT2D eigenvalue weighted by molar-refractivity contribution is -0.139. The van der Waals surface area contributed by atoms with Crippen molar-refractivity contribution in [2.24, 2.45) is 0 Å². The highest BCUT2D eigenvalue weighted by Crippen LogP contribution is 2.37. The van der Waals surface area contributed by atoms with Crippen LogP contribution in [0.1, 0.15) is 29.6 Å². The third-order valence-corrected chi connectivity index (χ3v) is 5.58. The molecule has 7 nitrogen and oxygen atoms in total. The number of benzene rings is 2. The summed E-state index contributed by atoms with van der Waals surface area (Å²) in [5, 5.41) is 0. The number of fused-ring (bicyclic) bond motifs is 2. The van der Waals surface area contributed by atoms with E-state index in [-0.39, 0.29) is 25.2 Å². The number of piperidine rings is 1. The summed E-state index contributed by atoms with van der Waals surface area (Å²) in [6.45, 7) is 1.83. The lowest BCUT2D eigenvalue weighted by atomic mass is 10.1. The maximum atomic E-state index is 13.4. The first-order valence-electron chi connectivity index (χ1n) is 9.97. The second-order valence-corrected chi connectivity index (χ2v) is 7.44. The average molecular weight is 394 g/mol. The van der Waals surface area contributed by atoms with Gasteiger partial charge in [0, 0.05) is 18.7 Å². The molecule has 2 aromatic rings. The van der Waals surface area contributed by atoms with Crippen molar-refractivity contribution in [2.45, 2.75) is 25.4 Å². The third kappa shape index (κ3) is 3.26. The van der Waals surface area contributed by atoms with Crippen LogP contribution < -0.4 is 19.1 Å². The van der Waals surface area contributed by atoms with Crippen LogP contribution in [-0.4, -0.2) is 49.2 Å². The first kappa shape index (κ1) is 17.8. The number of carbonyl (C=O) groups excluding carboxylic acids is 2. The minimum absolute atomic E-state index is 0.0531. The molecule has 1 unspecified atom stereocenters. The minimum atomic E-state index is -0.707. The number of para-hydroxylation sites is 2. The van der Waals surface area contributed by atoms with Gasteiger partial charge in [0.15, 0.2) is 17.6 Å². The molecule has 2 aromatic carbocycles. The highest BCUT2D eigenvalue weighted by molar-refractivity contribution is 6.08.